The number of nitrogens with one attached hydrogen (secondary N) is 1. The van der Waals surface area contributed by atoms with Crippen molar-refractivity contribution in [3.05, 3.63) is 59.2 Å². The van der Waals surface area contributed by atoms with Crippen molar-refractivity contribution >= 4 is 23.5 Å². The first-order valence-corrected chi connectivity index (χ1v) is 8.01. The molecule has 24 heavy (non-hydrogen) atoms. The minimum Gasteiger partial charge on any atom is -0.493 e. The van der Waals surface area contributed by atoms with Crippen LogP contribution in [-0.4, -0.2) is 18.4 Å². The number of hydrogen-bond acceptors (Lipinski definition) is 4. The molecule has 6 heteroatoms. The molecule has 126 valence electrons. The van der Waals surface area contributed by atoms with E-state index in [-0.39, 0.29) is 5.11 Å². The van der Waals surface area contributed by atoms with Gasteiger partial charge in [0.2, 0.25) is 0 Å². The normalized spacial score (nSPS) is 10.6. The molecule has 2 rings (SSSR count). The van der Waals surface area contributed by atoms with Crippen molar-refractivity contribution in [2.24, 2.45) is 10.8 Å². The number of hydrazone groups is 1. The fourth-order valence-corrected chi connectivity index (χ4v) is 2.31. The molecular formula is C18H21N3O2S. The molecule has 0 saturated carbocycles. The lowest BCUT2D eigenvalue weighted by atomic mass is 10.1. The smallest absolute Gasteiger partial charge is 0.184 e. The molecule has 0 aliphatic rings. The molecule has 0 aliphatic heterocycles. The Labute approximate surface area is 147 Å². The SMILES string of the molecule is CCc1ccccc1COc1ccc(C=NNC(N)=S)cc1OC. The van der Waals surface area contributed by atoms with E-state index in [1.165, 1.54) is 11.1 Å². The van der Waals surface area contributed by atoms with Crippen molar-refractivity contribution in [1.29, 1.82) is 0 Å². The number of thiocarbonyl (C=S) groups is 1. The standard InChI is InChI=1S/C18H21N3O2S/c1-3-14-6-4-5-7-15(14)12-23-16-9-8-13(10-17(16)22-2)11-20-21-18(19)24/h4-11H,3,12H2,1-2H3,(H3,19,21,24). The Bertz CT molecular complexity index is 732. The Balaban J connectivity index is 2.10. The predicted octanol–water partition coefficient (Wildman–Crippen LogP) is 3.00. The maximum atomic E-state index is 5.93. The van der Waals surface area contributed by atoms with Crippen LogP contribution < -0.4 is 20.6 Å². The molecule has 0 aliphatic carbocycles. The van der Waals surface area contributed by atoms with Gasteiger partial charge in [-0.05, 0) is 53.5 Å². The number of methoxy groups -OCH3 is 1. The molecule has 0 saturated heterocycles. The molecule has 5 nitrogen and oxygen atoms in total. The van der Waals surface area contributed by atoms with Crippen molar-refractivity contribution in [3.8, 4) is 11.5 Å². The van der Waals surface area contributed by atoms with Gasteiger partial charge >= 0.3 is 0 Å². The van der Waals surface area contributed by atoms with Gasteiger partial charge in [-0.2, -0.15) is 5.10 Å². The summed E-state index contributed by atoms with van der Waals surface area (Å²) in [7, 11) is 1.61. The Morgan fingerprint density at radius 1 is 1.21 bits per heavy atom. The van der Waals surface area contributed by atoms with Crippen LogP contribution in [0.2, 0.25) is 0 Å². The van der Waals surface area contributed by atoms with Gasteiger partial charge in [0, 0.05) is 0 Å². The zero-order valence-corrected chi connectivity index (χ0v) is 14.6. The van der Waals surface area contributed by atoms with Crippen LogP contribution in [0.25, 0.3) is 0 Å². The minimum atomic E-state index is 0.118. The largest absolute Gasteiger partial charge is 0.493 e. The lowest BCUT2D eigenvalue weighted by Crippen LogP contribution is -2.23. The monoisotopic (exact) mass is 343 g/mol. The van der Waals surface area contributed by atoms with Gasteiger partial charge in [0.25, 0.3) is 0 Å². The van der Waals surface area contributed by atoms with Crippen LogP contribution in [0.3, 0.4) is 0 Å². The van der Waals surface area contributed by atoms with Gasteiger partial charge in [-0.1, -0.05) is 31.2 Å². The van der Waals surface area contributed by atoms with Crippen molar-refractivity contribution in [3.63, 3.8) is 0 Å². The lowest BCUT2D eigenvalue weighted by Gasteiger charge is -2.13. The summed E-state index contributed by atoms with van der Waals surface area (Å²) in [6, 6.07) is 13.8. The Morgan fingerprint density at radius 2 is 1.96 bits per heavy atom. The van der Waals surface area contributed by atoms with E-state index in [0.717, 1.165) is 12.0 Å². The highest BCUT2D eigenvalue weighted by molar-refractivity contribution is 7.80. The molecule has 3 N–H and O–H groups in total. The van der Waals surface area contributed by atoms with E-state index in [9.17, 15) is 0 Å². The second-order valence-electron chi connectivity index (χ2n) is 5.06. The summed E-state index contributed by atoms with van der Waals surface area (Å²) in [5.41, 5.74) is 11.1. The van der Waals surface area contributed by atoms with Gasteiger partial charge in [-0.25, -0.2) is 0 Å². The average molecular weight is 343 g/mol. The Morgan fingerprint density at radius 3 is 2.62 bits per heavy atom. The Hall–Kier alpha value is -2.60. The van der Waals surface area contributed by atoms with Gasteiger partial charge in [0.05, 0.1) is 13.3 Å². The summed E-state index contributed by atoms with van der Waals surface area (Å²) in [4.78, 5) is 0. The van der Waals surface area contributed by atoms with Crippen molar-refractivity contribution in [2.75, 3.05) is 7.11 Å². The highest BCUT2D eigenvalue weighted by Crippen LogP contribution is 2.28. The first kappa shape index (κ1) is 17.7. The van der Waals surface area contributed by atoms with E-state index in [1.54, 1.807) is 13.3 Å². The zero-order chi connectivity index (χ0) is 17.4. The summed E-state index contributed by atoms with van der Waals surface area (Å²) >= 11 is 4.69. The van der Waals surface area contributed by atoms with Gasteiger partial charge in [0.15, 0.2) is 16.6 Å². The van der Waals surface area contributed by atoms with E-state index in [1.807, 2.05) is 30.3 Å². The second-order valence-corrected chi connectivity index (χ2v) is 5.50. The summed E-state index contributed by atoms with van der Waals surface area (Å²) in [5.74, 6) is 1.33. The van der Waals surface area contributed by atoms with Crippen LogP contribution >= 0.6 is 12.2 Å². The van der Waals surface area contributed by atoms with E-state index in [0.29, 0.717) is 18.1 Å². The molecule has 2 aromatic carbocycles. The highest BCUT2D eigenvalue weighted by Gasteiger charge is 2.07. The molecule has 0 aromatic heterocycles. The first-order valence-electron chi connectivity index (χ1n) is 7.60. The maximum Gasteiger partial charge on any atom is 0.184 e. The highest BCUT2D eigenvalue weighted by atomic mass is 32.1. The summed E-state index contributed by atoms with van der Waals surface area (Å²) in [5, 5.41) is 4.04. The number of rotatable bonds is 7. The number of aryl methyl sites for hydroxylation is 1. The quantitative estimate of drug-likeness (QED) is 0.459. The third-order valence-corrected chi connectivity index (χ3v) is 3.55. The molecule has 0 atom stereocenters. The maximum absolute atomic E-state index is 5.93. The zero-order valence-electron chi connectivity index (χ0n) is 13.8. The molecule has 0 heterocycles. The summed E-state index contributed by atoms with van der Waals surface area (Å²) < 4.78 is 11.3. The van der Waals surface area contributed by atoms with Gasteiger partial charge in [-0.3, -0.25) is 5.43 Å². The molecule has 0 amide bonds. The molecule has 0 radical (unpaired) electrons. The first-order chi connectivity index (χ1) is 11.6. The number of ether oxygens (including phenoxy) is 2. The van der Waals surface area contributed by atoms with Crippen LogP contribution in [0, 0.1) is 0 Å². The van der Waals surface area contributed by atoms with Gasteiger partial charge in [-0.15, -0.1) is 0 Å². The van der Waals surface area contributed by atoms with E-state index < -0.39 is 0 Å². The predicted molar refractivity (Wildman–Crippen MR) is 101 cm³/mol. The minimum absolute atomic E-state index is 0.118. The third-order valence-electron chi connectivity index (χ3n) is 3.46. The average Bonchev–Trinajstić information content (AvgIpc) is 2.60. The van der Waals surface area contributed by atoms with E-state index in [2.05, 4.69) is 41.8 Å². The molecule has 0 fully saturated rings. The summed E-state index contributed by atoms with van der Waals surface area (Å²) in [6.45, 7) is 2.63. The van der Waals surface area contributed by atoms with Crippen LogP contribution in [0.1, 0.15) is 23.6 Å². The molecule has 0 unspecified atom stereocenters. The molecule has 2 aromatic rings. The van der Waals surface area contributed by atoms with Crippen LogP contribution in [-0.2, 0) is 13.0 Å². The topological polar surface area (TPSA) is 68.9 Å². The van der Waals surface area contributed by atoms with Crippen LogP contribution in [0.15, 0.2) is 47.6 Å². The Kier molecular flexibility index (Phi) is 6.57. The number of nitrogens with two attached hydrogens (primary N) is 1. The van der Waals surface area contributed by atoms with Crippen LogP contribution in [0.5, 0.6) is 11.5 Å². The molecule has 0 spiro atoms. The second kappa shape index (κ2) is 8.88. The lowest BCUT2D eigenvalue weighted by molar-refractivity contribution is 0.283. The van der Waals surface area contributed by atoms with E-state index in [4.69, 9.17) is 15.2 Å². The number of hydrogen-bond donors (Lipinski definition) is 2. The van der Waals surface area contributed by atoms with Gasteiger partial charge in [0.1, 0.15) is 6.61 Å². The van der Waals surface area contributed by atoms with Crippen molar-refractivity contribution < 1.29 is 9.47 Å². The number of benzene rings is 2. The fourth-order valence-electron chi connectivity index (χ4n) is 2.25. The molecule has 0 bridgehead atoms. The fraction of sp³-hybridized carbons (Fsp3) is 0.222. The summed E-state index contributed by atoms with van der Waals surface area (Å²) in [6.07, 6.45) is 2.58. The van der Waals surface area contributed by atoms with Gasteiger partial charge < -0.3 is 15.2 Å². The number of nitrogens with zero attached hydrogens (tertiary/aromatic N) is 1. The van der Waals surface area contributed by atoms with Crippen molar-refractivity contribution in [1.82, 2.24) is 5.43 Å². The van der Waals surface area contributed by atoms with Crippen molar-refractivity contribution in [2.45, 2.75) is 20.0 Å². The van der Waals surface area contributed by atoms with Crippen LogP contribution in [0.4, 0.5) is 0 Å². The molecular weight excluding hydrogens is 322 g/mol. The third kappa shape index (κ3) is 4.96. The van der Waals surface area contributed by atoms with E-state index >= 15 is 0 Å².